The fourth-order valence-electron chi connectivity index (χ4n) is 2.15. The van der Waals surface area contributed by atoms with Gasteiger partial charge in [-0.05, 0) is 48.6 Å². The van der Waals surface area contributed by atoms with Crippen molar-refractivity contribution < 1.29 is 14.3 Å². The highest BCUT2D eigenvalue weighted by Crippen LogP contribution is 2.35. The molecule has 74 valence electrons. The molecule has 0 saturated carbocycles. The van der Waals surface area contributed by atoms with Crippen LogP contribution in [-0.2, 0) is 11.2 Å². The molecule has 0 bridgehead atoms. The number of hydrogen-bond acceptors (Lipinski definition) is 1. The van der Waals surface area contributed by atoms with Crippen LogP contribution >= 0.6 is 0 Å². The first kappa shape index (κ1) is 9.19. The predicted molar refractivity (Wildman–Crippen MR) is 49.8 cm³/mol. The van der Waals surface area contributed by atoms with E-state index in [2.05, 4.69) is 0 Å². The van der Waals surface area contributed by atoms with Gasteiger partial charge in [0.05, 0.1) is 5.92 Å². The van der Waals surface area contributed by atoms with Gasteiger partial charge in [-0.1, -0.05) is 0 Å². The number of fused-ring (bicyclic) bond motifs is 1. The van der Waals surface area contributed by atoms with Gasteiger partial charge in [-0.15, -0.1) is 0 Å². The molecule has 0 aliphatic heterocycles. The zero-order valence-corrected chi connectivity index (χ0v) is 7.88. The van der Waals surface area contributed by atoms with Crippen molar-refractivity contribution in [1.29, 1.82) is 0 Å². The number of benzene rings is 1. The minimum atomic E-state index is -0.853. The minimum absolute atomic E-state index is 0.339. The second kappa shape index (κ2) is 3.08. The first-order valence-corrected chi connectivity index (χ1v) is 4.61. The van der Waals surface area contributed by atoms with Crippen LogP contribution < -0.4 is 0 Å². The summed E-state index contributed by atoms with van der Waals surface area (Å²) >= 11 is 0. The van der Waals surface area contributed by atoms with E-state index in [4.69, 9.17) is 5.11 Å². The monoisotopic (exact) mass is 194 g/mol. The van der Waals surface area contributed by atoms with Crippen LogP contribution in [0.2, 0.25) is 0 Å². The summed E-state index contributed by atoms with van der Waals surface area (Å²) in [5, 5.41) is 8.92. The number of hydrogen-bond donors (Lipinski definition) is 1. The Bertz CT molecular complexity index is 399. The SMILES string of the molecule is Cc1cc(F)cc2c1CCC2C(=O)O. The summed E-state index contributed by atoms with van der Waals surface area (Å²) in [6, 6.07) is 2.82. The van der Waals surface area contributed by atoms with E-state index in [9.17, 15) is 9.18 Å². The number of carboxylic acid groups (broad SMARTS) is 1. The molecule has 1 N–H and O–H groups in total. The molecule has 1 aliphatic carbocycles. The molecule has 1 aromatic rings. The van der Waals surface area contributed by atoms with Crippen LogP contribution in [0.5, 0.6) is 0 Å². The number of halogens is 1. The zero-order chi connectivity index (χ0) is 10.3. The Morgan fingerprint density at radius 3 is 2.93 bits per heavy atom. The van der Waals surface area contributed by atoms with Gasteiger partial charge in [-0.3, -0.25) is 4.79 Å². The summed E-state index contributed by atoms with van der Waals surface area (Å²) in [5.74, 6) is -1.71. The predicted octanol–water partition coefficient (Wildman–Crippen LogP) is 2.25. The van der Waals surface area contributed by atoms with Crippen molar-refractivity contribution in [3.8, 4) is 0 Å². The number of aliphatic carboxylic acids is 1. The highest BCUT2D eigenvalue weighted by atomic mass is 19.1. The van der Waals surface area contributed by atoms with Crippen LogP contribution in [-0.4, -0.2) is 11.1 Å². The minimum Gasteiger partial charge on any atom is -0.481 e. The van der Waals surface area contributed by atoms with E-state index >= 15 is 0 Å². The van der Waals surface area contributed by atoms with Gasteiger partial charge in [0.2, 0.25) is 0 Å². The Morgan fingerprint density at radius 2 is 2.29 bits per heavy atom. The van der Waals surface area contributed by atoms with Crippen LogP contribution in [0.1, 0.15) is 29.0 Å². The Hall–Kier alpha value is -1.38. The average Bonchev–Trinajstić information content (AvgIpc) is 2.47. The number of rotatable bonds is 1. The van der Waals surface area contributed by atoms with Crippen LogP contribution in [0.3, 0.4) is 0 Å². The van der Waals surface area contributed by atoms with Gasteiger partial charge in [-0.2, -0.15) is 0 Å². The lowest BCUT2D eigenvalue weighted by Crippen LogP contribution is -2.08. The molecule has 1 unspecified atom stereocenters. The fourth-order valence-corrected chi connectivity index (χ4v) is 2.15. The van der Waals surface area contributed by atoms with Crippen molar-refractivity contribution in [3.63, 3.8) is 0 Å². The van der Waals surface area contributed by atoms with Gasteiger partial charge in [0.25, 0.3) is 0 Å². The lowest BCUT2D eigenvalue weighted by molar-refractivity contribution is -0.138. The molecule has 0 heterocycles. The molecule has 0 spiro atoms. The van der Waals surface area contributed by atoms with Gasteiger partial charge in [0.15, 0.2) is 0 Å². The molecule has 3 heteroatoms. The first-order valence-electron chi connectivity index (χ1n) is 4.61. The van der Waals surface area contributed by atoms with Crippen molar-refractivity contribution >= 4 is 5.97 Å². The van der Waals surface area contributed by atoms with Crippen molar-refractivity contribution in [1.82, 2.24) is 0 Å². The van der Waals surface area contributed by atoms with Gasteiger partial charge >= 0.3 is 5.97 Å². The third-order valence-corrected chi connectivity index (χ3v) is 2.83. The fraction of sp³-hybridized carbons (Fsp3) is 0.364. The van der Waals surface area contributed by atoms with Crippen LogP contribution in [0.25, 0.3) is 0 Å². The highest BCUT2D eigenvalue weighted by Gasteiger charge is 2.29. The summed E-state index contributed by atoms with van der Waals surface area (Å²) in [7, 11) is 0. The highest BCUT2D eigenvalue weighted by molar-refractivity contribution is 5.78. The molecule has 1 aliphatic rings. The standard InChI is InChI=1S/C11H11FO2/c1-6-4-7(12)5-10-8(6)2-3-9(10)11(13)14/h4-5,9H,2-3H2,1H3,(H,13,14). The third-order valence-electron chi connectivity index (χ3n) is 2.83. The molecular weight excluding hydrogens is 183 g/mol. The second-order valence-corrected chi connectivity index (χ2v) is 3.72. The summed E-state index contributed by atoms with van der Waals surface area (Å²) in [6.45, 7) is 1.83. The van der Waals surface area contributed by atoms with E-state index in [1.165, 1.54) is 12.1 Å². The summed E-state index contributed by atoms with van der Waals surface area (Å²) < 4.78 is 13.1. The lowest BCUT2D eigenvalue weighted by Gasteiger charge is -2.07. The van der Waals surface area contributed by atoms with E-state index in [1.807, 2.05) is 6.92 Å². The topological polar surface area (TPSA) is 37.3 Å². The number of carboxylic acids is 1. The second-order valence-electron chi connectivity index (χ2n) is 3.72. The van der Waals surface area contributed by atoms with Crippen molar-refractivity contribution in [2.45, 2.75) is 25.7 Å². The van der Waals surface area contributed by atoms with Gasteiger partial charge in [0.1, 0.15) is 5.82 Å². The Balaban J connectivity index is 2.54. The molecule has 0 radical (unpaired) electrons. The molecule has 2 nitrogen and oxygen atoms in total. The molecule has 2 rings (SSSR count). The molecule has 0 fully saturated rings. The molecule has 14 heavy (non-hydrogen) atoms. The molecule has 0 amide bonds. The zero-order valence-electron chi connectivity index (χ0n) is 7.88. The quantitative estimate of drug-likeness (QED) is 0.744. The normalized spacial score (nSPS) is 19.4. The smallest absolute Gasteiger partial charge is 0.310 e. The van der Waals surface area contributed by atoms with E-state index in [0.29, 0.717) is 12.0 Å². The lowest BCUT2D eigenvalue weighted by atomic mass is 9.99. The Labute approximate surface area is 81.4 Å². The maximum absolute atomic E-state index is 13.1. The van der Waals surface area contributed by atoms with Crippen LogP contribution in [0.15, 0.2) is 12.1 Å². The van der Waals surface area contributed by atoms with Gasteiger partial charge < -0.3 is 5.11 Å². The van der Waals surface area contributed by atoms with Crippen LogP contribution in [0.4, 0.5) is 4.39 Å². The third kappa shape index (κ3) is 1.29. The molecule has 0 saturated heterocycles. The summed E-state index contributed by atoms with van der Waals surface area (Å²) in [5.41, 5.74) is 2.54. The van der Waals surface area contributed by atoms with Gasteiger partial charge in [0, 0.05) is 0 Å². The maximum Gasteiger partial charge on any atom is 0.310 e. The van der Waals surface area contributed by atoms with E-state index in [0.717, 1.165) is 17.5 Å². The van der Waals surface area contributed by atoms with Crippen molar-refractivity contribution in [2.24, 2.45) is 0 Å². The largest absolute Gasteiger partial charge is 0.481 e. The van der Waals surface area contributed by atoms with E-state index in [1.54, 1.807) is 0 Å². The Kier molecular flexibility index (Phi) is 2.02. The molecule has 0 aromatic heterocycles. The molecule has 1 aromatic carbocycles. The summed E-state index contributed by atoms with van der Waals surface area (Å²) in [4.78, 5) is 10.9. The van der Waals surface area contributed by atoms with E-state index < -0.39 is 11.9 Å². The van der Waals surface area contributed by atoms with Crippen molar-refractivity contribution in [3.05, 3.63) is 34.6 Å². The summed E-state index contributed by atoms with van der Waals surface area (Å²) in [6.07, 6.45) is 1.34. The van der Waals surface area contributed by atoms with E-state index in [-0.39, 0.29) is 5.82 Å². The average molecular weight is 194 g/mol. The van der Waals surface area contributed by atoms with Crippen molar-refractivity contribution in [2.75, 3.05) is 0 Å². The number of aryl methyl sites for hydroxylation is 1. The molecule has 1 atom stereocenters. The number of carbonyl (C=O) groups is 1. The first-order chi connectivity index (χ1) is 6.59. The maximum atomic E-state index is 13.1. The van der Waals surface area contributed by atoms with Gasteiger partial charge in [-0.25, -0.2) is 4.39 Å². The Morgan fingerprint density at radius 1 is 1.57 bits per heavy atom. The molecular formula is C11H11FO2. The van der Waals surface area contributed by atoms with Crippen LogP contribution in [0, 0.1) is 12.7 Å².